The Bertz CT molecular complexity index is 930. The molecule has 0 radical (unpaired) electrons. The zero-order valence-electron chi connectivity index (χ0n) is 17.1. The van der Waals surface area contributed by atoms with Gasteiger partial charge in [-0.15, -0.1) is 0 Å². The van der Waals surface area contributed by atoms with Gasteiger partial charge in [-0.25, -0.2) is 4.79 Å². The SMILES string of the molecule is COC(=O)c1cncc(C(=O)NC2CCC(=O)N(Cc3cccc(OC)c3)CC2)c1. The average Bonchev–Trinajstić information content (AvgIpc) is 2.95. The fourth-order valence-electron chi connectivity index (χ4n) is 3.40. The first-order valence-electron chi connectivity index (χ1n) is 9.75. The number of aromatic nitrogens is 1. The fourth-order valence-corrected chi connectivity index (χ4v) is 3.40. The molecule has 1 aromatic heterocycles. The van der Waals surface area contributed by atoms with E-state index in [9.17, 15) is 14.4 Å². The van der Waals surface area contributed by atoms with Crippen LogP contribution in [0.25, 0.3) is 0 Å². The van der Waals surface area contributed by atoms with Crippen LogP contribution in [-0.2, 0) is 16.1 Å². The first kappa shape index (κ1) is 21.3. The van der Waals surface area contributed by atoms with Gasteiger partial charge in [0.1, 0.15) is 5.75 Å². The van der Waals surface area contributed by atoms with Crippen LogP contribution in [0.5, 0.6) is 5.75 Å². The second-order valence-corrected chi connectivity index (χ2v) is 7.12. The Morgan fingerprint density at radius 2 is 1.97 bits per heavy atom. The van der Waals surface area contributed by atoms with Gasteiger partial charge in [0.15, 0.2) is 0 Å². The van der Waals surface area contributed by atoms with Crippen LogP contribution in [0.4, 0.5) is 0 Å². The van der Waals surface area contributed by atoms with Crippen LogP contribution < -0.4 is 10.1 Å². The standard InChI is InChI=1S/C22H25N3O5/c1-29-19-5-3-4-15(10-19)14-25-9-8-18(6-7-20(25)26)24-21(27)16-11-17(13-23-12-16)22(28)30-2/h3-5,10-13,18H,6-9,14H2,1-2H3,(H,24,27). The van der Waals surface area contributed by atoms with Gasteiger partial charge >= 0.3 is 5.97 Å². The number of hydrogen-bond donors (Lipinski definition) is 1. The molecule has 0 saturated carbocycles. The van der Waals surface area contributed by atoms with Crippen molar-refractivity contribution in [3.8, 4) is 5.75 Å². The highest BCUT2D eigenvalue weighted by atomic mass is 16.5. The van der Waals surface area contributed by atoms with Crippen LogP contribution in [0.15, 0.2) is 42.7 Å². The Hall–Kier alpha value is -3.42. The zero-order valence-corrected chi connectivity index (χ0v) is 17.1. The van der Waals surface area contributed by atoms with Crippen molar-refractivity contribution in [3.63, 3.8) is 0 Å². The third-order valence-corrected chi connectivity index (χ3v) is 5.07. The third-order valence-electron chi connectivity index (χ3n) is 5.07. The number of rotatable bonds is 6. The van der Waals surface area contributed by atoms with E-state index < -0.39 is 5.97 Å². The van der Waals surface area contributed by atoms with Gasteiger partial charge < -0.3 is 19.7 Å². The number of ether oxygens (including phenoxy) is 2. The molecule has 8 heteroatoms. The number of carbonyl (C=O) groups excluding carboxylic acids is 3. The molecule has 1 N–H and O–H groups in total. The van der Waals surface area contributed by atoms with Crippen molar-refractivity contribution in [3.05, 3.63) is 59.4 Å². The van der Waals surface area contributed by atoms with Crippen LogP contribution in [0.2, 0.25) is 0 Å². The molecule has 1 saturated heterocycles. The molecule has 1 unspecified atom stereocenters. The molecule has 1 atom stereocenters. The summed E-state index contributed by atoms with van der Waals surface area (Å²) < 4.78 is 9.91. The maximum absolute atomic E-state index is 12.6. The van der Waals surface area contributed by atoms with E-state index in [2.05, 4.69) is 15.0 Å². The van der Waals surface area contributed by atoms with Crippen molar-refractivity contribution < 1.29 is 23.9 Å². The third kappa shape index (κ3) is 5.34. The molecule has 0 aliphatic carbocycles. The van der Waals surface area contributed by atoms with Crippen molar-refractivity contribution in [2.45, 2.75) is 31.8 Å². The summed E-state index contributed by atoms with van der Waals surface area (Å²) in [5, 5.41) is 2.95. The van der Waals surface area contributed by atoms with Gasteiger partial charge in [-0.3, -0.25) is 14.6 Å². The molecule has 0 spiro atoms. The van der Waals surface area contributed by atoms with Crippen LogP contribution in [-0.4, -0.2) is 54.5 Å². The molecule has 2 heterocycles. The van der Waals surface area contributed by atoms with Crippen LogP contribution >= 0.6 is 0 Å². The summed E-state index contributed by atoms with van der Waals surface area (Å²) in [7, 11) is 2.88. The first-order chi connectivity index (χ1) is 14.5. The maximum atomic E-state index is 12.6. The van der Waals surface area contributed by atoms with E-state index in [1.165, 1.54) is 25.6 Å². The van der Waals surface area contributed by atoms with E-state index in [0.717, 1.165) is 11.3 Å². The van der Waals surface area contributed by atoms with Crippen LogP contribution in [0.3, 0.4) is 0 Å². The van der Waals surface area contributed by atoms with Gasteiger partial charge in [-0.05, 0) is 36.6 Å². The second kappa shape index (κ2) is 9.87. The Balaban J connectivity index is 1.61. The van der Waals surface area contributed by atoms with E-state index in [0.29, 0.717) is 32.4 Å². The number of pyridine rings is 1. The number of nitrogens with zero attached hydrogens (tertiary/aromatic N) is 2. The molecule has 30 heavy (non-hydrogen) atoms. The molecular formula is C22H25N3O5. The lowest BCUT2D eigenvalue weighted by Gasteiger charge is -2.21. The minimum atomic E-state index is -0.551. The molecule has 1 aliphatic heterocycles. The van der Waals surface area contributed by atoms with Crippen molar-refractivity contribution >= 4 is 17.8 Å². The quantitative estimate of drug-likeness (QED) is 0.732. The van der Waals surface area contributed by atoms with E-state index in [4.69, 9.17) is 4.74 Å². The predicted molar refractivity (Wildman–Crippen MR) is 109 cm³/mol. The Morgan fingerprint density at radius 3 is 2.73 bits per heavy atom. The number of esters is 1. The van der Waals surface area contributed by atoms with Crippen molar-refractivity contribution in [1.82, 2.24) is 15.2 Å². The Morgan fingerprint density at radius 1 is 1.17 bits per heavy atom. The summed E-state index contributed by atoms with van der Waals surface area (Å²) in [6, 6.07) is 8.95. The van der Waals surface area contributed by atoms with E-state index in [-0.39, 0.29) is 29.0 Å². The number of methoxy groups -OCH3 is 2. The van der Waals surface area contributed by atoms with E-state index in [1.54, 1.807) is 12.0 Å². The lowest BCUT2D eigenvalue weighted by Crippen LogP contribution is -2.36. The molecule has 8 nitrogen and oxygen atoms in total. The lowest BCUT2D eigenvalue weighted by molar-refractivity contribution is -0.131. The summed E-state index contributed by atoms with van der Waals surface area (Å²) in [6.07, 6.45) is 4.31. The average molecular weight is 411 g/mol. The van der Waals surface area contributed by atoms with Gasteiger partial charge in [0.2, 0.25) is 5.91 Å². The Kier molecular flexibility index (Phi) is 7.00. The number of nitrogens with one attached hydrogen (secondary N) is 1. The normalized spacial score (nSPS) is 16.5. The molecule has 1 fully saturated rings. The molecule has 3 rings (SSSR count). The smallest absolute Gasteiger partial charge is 0.339 e. The number of amides is 2. The summed E-state index contributed by atoms with van der Waals surface area (Å²) in [5.41, 5.74) is 1.49. The first-order valence-corrected chi connectivity index (χ1v) is 9.75. The van der Waals surface area contributed by atoms with Gasteiger partial charge in [-0.2, -0.15) is 0 Å². The summed E-state index contributed by atoms with van der Waals surface area (Å²) in [4.78, 5) is 42.5. The zero-order chi connectivity index (χ0) is 21.5. The molecule has 158 valence electrons. The van der Waals surface area contributed by atoms with Crippen molar-refractivity contribution in [2.24, 2.45) is 0 Å². The number of hydrogen-bond acceptors (Lipinski definition) is 6. The topological polar surface area (TPSA) is 97.8 Å². The fraction of sp³-hybridized carbons (Fsp3) is 0.364. The van der Waals surface area contributed by atoms with Crippen LogP contribution in [0, 0.1) is 0 Å². The highest BCUT2D eigenvalue weighted by molar-refractivity contribution is 5.97. The van der Waals surface area contributed by atoms with Gasteiger partial charge in [0.05, 0.1) is 25.3 Å². The second-order valence-electron chi connectivity index (χ2n) is 7.12. The van der Waals surface area contributed by atoms with E-state index >= 15 is 0 Å². The molecule has 2 amide bonds. The number of likely N-dealkylation sites (tertiary alicyclic amines) is 1. The van der Waals surface area contributed by atoms with Gasteiger partial charge in [0.25, 0.3) is 5.91 Å². The van der Waals surface area contributed by atoms with Gasteiger partial charge in [-0.1, -0.05) is 12.1 Å². The summed E-state index contributed by atoms with van der Waals surface area (Å²) in [5.74, 6) is -0.0658. The monoisotopic (exact) mass is 411 g/mol. The molecule has 2 aromatic rings. The van der Waals surface area contributed by atoms with Crippen LogP contribution in [0.1, 0.15) is 45.5 Å². The largest absolute Gasteiger partial charge is 0.497 e. The molecular weight excluding hydrogens is 386 g/mol. The number of carbonyl (C=O) groups is 3. The minimum Gasteiger partial charge on any atom is -0.497 e. The Labute approximate surface area is 175 Å². The summed E-state index contributed by atoms with van der Waals surface area (Å²) in [6.45, 7) is 1.04. The maximum Gasteiger partial charge on any atom is 0.339 e. The molecule has 1 aliphatic rings. The number of benzene rings is 1. The summed E-state index contributed by atoms with van der Waals surface area (Å²) >= 11 is 0. The van der Waals surface area contributed by atoms with E-state index in [1.807, 2.05) is 24.3 Å². The van der Waals surface area contributed by atoms with Crippen molar-refractivity contribution in [2.75, 3.05) is 20.8 Å². The highest BCUT2D eigenvalue weighted by Gasteiger charge is 2.24. The lowest BCUT2D eigenvalue weighted by atomic mass is 10.1. The predicted octanol–water partition coefficient (Wildman–Crippen LogP) is 2.19. The minimum absolute atomic E-state index is 0.0592. The highest BCUT2D eigenvalue weighted by Crippen LogP contribution is 2.19. The van der Waals surface area contributed by atoms with Crippen molar-refractivity contribution in [1.29, 1.82) is 0 Å². The molecule has 1 aromatic carbocycles. The molecule has 0 bridgehead atoms. The van der Waals surface area contributed by atoms with Gasteiger partial charge in [0, 0.05) is 37.9 Å².